The van der Waals surface area contributed by atoms with Gasteiger partial charge >= 0.3 is 0 Å². The van der Waals surface area contributed by atoms with Crippen LogP contribution in [0.4, 0.5) is 0 Å². The Kier molecular flexibility index (Phi) is 3.45. The molecule has 1 fully saturated rings. The molecule has 1 aromatic carbocycles. The molecule has 14 heavy (non-hydrogen) atoms. The summed E-state index contributed by atoms with van der Waals surface area (Å²) in [7, 11) is 0. The van der Waals surface area contributed by atoms with E-state index in [1.54, 1.807) is 0 Å². The highest BCUT2D eigenvalue weighted by Crippen LogP contribution is 2.43. The van der Waals surface area contributed by atoms with E-state index in [2.05, 4.69) is 62.2 Å². The lowest BCUT2D eigenvalue weighted by Gasteiger charge is -2.28. The van der Waals surface area contributed by atoms with E-state index < -0.39 is 0 Å². The van der Waals surface area contributed by atoms with Crippen LogP contribution in [0.2, 0.25) is 0 Å². The van der Waals surface area contributed by atoms with Gasteiger partial charge in [0.2, 0.25) is 0 Å². The molecule has 0 bridgehead atoms. The highest BCUT2D eigenvalue weighted by molar-refractivity contribution is 9.28. The standard InChI is InChI=1S/C12H12Br2/c13-12(14)11(10-7-4-8-10)9-5-2-1-3-6-9/h1-3,5-6,10H,4,7-8H2. The fraction of sp³-hybridized carbons (Fsp3) is 0.333. The first-order chi connectivity index (χ1) is 6.79. The van der Waals surface area contributed by atoms with Gasteiger partial charge in [0.1, 0.15) is 0 Å². The lowest BCUT2D eigenvalue weighted by atomic mass is 9.78. The van der Waals surface area contributed by atoms with Crippen LogP contribution in [0.5, 0.6) is 0 Å². The second-order valence-corrected chi connectivity index (χ2v) is 6.32. The third-order valence-corrected chi connectivity index (χ3v) is 3.66. The minimum atomic E-state index is 0.742. The number of rotatable bonds is 2. The minimum absolute atomic E-state index is 0.742. The Balaban J connectivity index is 2.33. The van der Waals surface area contributed by atoms with Crippen LogP contribution in [0.1, 0.15) is 24.8 Å². The van der Waals surface area contributed by atoms with Crippen molar-refractivity contribution in [3.63, 3.8) is 0 Å². The van der Waals surface area contributed by atoms with Crippen molar-refractivity contribution in [1.82, 2.24) is 0 Å². The predicted molar refractivity (Wildman–Crippen MR) is 68.6 cm³/mol. The fourth-order valence-corrected chi connectivity index (χ4v) is 2.92. The van der Waals surface area contributed by atoms with Crippen LogP contribution < -0.4 is 0 Å². The van der Waals surface area contributed by atoms with Crippen LogP contribution in [0.3, 0.4) is 0 Å². The second kappa shape index (κ2) is 4.63. The number of hydrogen-bond donors (Lipinski definition) is 0. The van der Waals surface area contributed by atoms with Gasteiger partial charge in [-0.1, -0.05) is 36.8 Å². The summed E-state index contributed by atoms with van der Waals surface area (Å²) in [5.41, 5.74) is 2.76. The normalized spacial score (nSPS) is 16.1. The van der Waals surface area contributed by atoms with Crippen molar-refractivity contribution < 1.29 is 0 Å². The topological polar surface area (TPSA) is 0 Å². The molecule has 1 aliphatic rings. The summed E-state index contributed by atoms with van der Waals surface area (Å²) < 4.78 is 1.11. The van der Waals surface area contributed by atoms with Crippen molar-refractivity contribution in [3.05, 3.63) is 39.3 Å². The Morgan fingerprint density at radius 2 is 1.71 bits per heavy atom. The van der Waals surface area contributed by atoms with Gasteiger partial charge in [0.05, 0.1) is 3.39 Å². The maximum atomic E-state index is 3.55. The molecular formula is C12H12Br2. The summed E-state index contributed by atoms with van der Waals surface area (Å²) in [6.07, 6.45) is 4.02. The number of allylic oxidation sites excluding steroid dienone is 1. The molecular weight excluding hydrogens is 304 g/mol. The molecule has 1 aromatic rings. The summed E-state index contributed by atoms with van der Waals surface area (Å²) in [4.78, 5) is 0. The molecule has 1 aliphatic carbocycles. The van der Waals surface area contributed by atoms with Crippen LogP contribution >= 0.6 is 31.9 Å². The zero-order chi connectivity index (χ0) is 9.97. The smallest absolute Gasteiger partial charge is 0.0622 e. The average molecular weight is 316 g/mol. The first-order valence-corrected chi connectivity index (χ1v) is 6.48. The maximum absolute atomic E-state index is 3.55. The molecule has 0 aliphatic heterocycles. The number of benzene rings is 1. The van der Waals surface area contributed by atoms with Gasteiger partial charge in [-0.3, -0.25) is 0 Å². The van der Waals surface area contributed by atoms with E-state index in [0.29, 0.717) is 0 Å². The first kappa shape index (κ1) is 10.4. The summed E-state index contributed by atoms with van der Waals surface area (Å²) in [5, 5.41) is 0. The van der Waals surface area contributed by atoms with E-state index in [4.69, 9.17) is 0 Å². The Labute approximate surface area is 102 Å². The monoisotopic (exact) mass is 314 g/mol. The van der Waals surface area contributed by atoms with E-state index in [9.17, 15) is 0 Å². The molecule has 2 heteroatoms. The second-order valence-electron chi connectivity index (χ2n) is 3.67. The van der Waals surface area contributed by atoms with E-state index in [0.717, 1.165) is 9.31 Å². The molecule has 2 rings (SSSR count). The maximum Gasteiger partial charge on any atom is 0.0644 e. The molecule has 0 nitrogen and oxygen atoms in total. The molecule has 0 heterocycles. The van der Waals surface area contributed by atoms with Crippen molar-refractivity contribution in [3.8, 4) is 0 Å². The van der Waals surface area contributed by atoms with Gasteiger partial charge in [0, 0.05) is 0 Å². The van der Waals surface area contributed by atoms with Crippen molar-refractivity contribution in [1.29, 1.82) is 0 Å². The van der Waals surface area contributed by atoms with Crippen LogP contribution in [-0.4, -0.2) is 0 Å². The lowest BCUT2D eigenvalue weighted by Crippen LogP contribution is -2.13. The first-order valence-electron chi connectivity index (χ1n) is 4.89. The number of hydrogen-bond acceptors (Lipinski definition) is 0. The summed E-state index contributed by atoms with van der Waals surface area (Å²) >= 11 is 7.10. The highest BCUT2D eigenvalue weighted by Gasteiger charge is 2.24. The van der Waals surface area contributed by atoms with Gasteiger partial charge in [-0.25, -0.2) is 0 Å². The van der Waals surface area contributed by atoms with Gasteiger partial charge in [-0.2, -0.15) is 0 Å². The van der Waals surface area contributed by atoms with E-state index in [1.165, 1.54) is 30.4 Å². The third kappa shape index (κ3) is 2.12. The molecule has 0 saturated heterocycles. The summed E-state index contributed by atoms with van der Waals surface area (Å²) in [5.74, 6) is 0.742. The van der Waals surface area contributed by atoms with Gasteiger partial charge < -0.3 is 0 Å². The lowest BCUT2D eigenvalue weighted by molar-refractivity contribution is 0.401. The van der Waals surface area contributed by atoms with Gasteiger partial charge in [-0.05, 0) is 61.8 Å². The zero-order valence-electron chi connectivity index (χ0n) is 7.84. The third-order valence-electron chi connectivity index (χ3n) is 2.80. The van der Waals surface area contributed by atoms with E-state index in [1.807, 2.05) is 0 Å². The molecule has 0 spiro atoms. The number of halogens is 2. The van der Waals surface area contributed by atoms with Gasteiger partial charge in [0.25, 0.3) is 0 Å². The predicted octanol–water partition coefficient (Wildman–Crippen LogP) is 4.95. The molecule has 0 N–H and O–H groups in total. The quantitative estimate of drug-likeness (QED) is 0.724. The Morgan fingerprint density at radius 1 is 1.07 bits per heavy atom. The molecule has 1 saturated carbocycles. The van der Waals surface area contributed by atoms with E-state index in [-0.39, 0.29) is 0 Å². The van der Waals surface area contributed by atoms with Crippen LogP contribution in [-0.2, 0) is 0 Å². The van der Waals surface area contributed by atoms with Crippen molar-refractivity contribution in [2.75, 3.05) is 0 Å². The highest BCUT2D eigenvalue weighted by atomic mass is 79.9. The molecule has 0 amide bonds. The summed E-state index contributed by atoms with van der Waals surface area (Å²) in [6.45, 7) is 0. The van der Waals surface area contributed by atoms with Crippen LogP contribution in [0, 0.1) is 5.92 Å². The summed E-state index contributed by atoms with van der Waals surface area (Å²) in [6, 6.07) is 10.6. The molecule has 0 radical (unpaired) electrons. The van der Waals surface area contributed by atoms with Crippen molar-refractivity contribution in [2.45, 2.75) is 19.3 Å². The average Bonchev–Trinajstić information content (AvgIpc) is 2.12. The van der Waals surface area contributed by atoms with Gasteiger partial charge in [-0.15, -0.1) is 0 Å². The minimum Gasteiger partial charge on any atom is -0.0622 e. The Morgan fingerprint density at radius 3 is 2.14 bits per heavy atom. The van der Waals surface area contributed by atoms with Gasteiger partial charge in [0.15, 0.2) is 0 Å². The Bertz CT molecular complexity index is 333. The molecule has 0 unspecified atom stereocenters. The van der Waals surface area contributed by atoms with Crippen molar-refractivity contribution in [2.24, 2.45) is 5.92 Å². The Hall–Kier alpha value is -0.0800. The fourth-order valence-electron chi connectivity index (χ4n) is 1.81. The van der Waals surface area contributed by atoms with Crippen LogP contribution in [0.15, 0.2) is 33.7 Å². The van der Waals surface area contributed by atoms with E-state index >= 15 is 0 Å². The largest absolute Gasteiger partial charge is 0.0644 e. The SMILES string of the molecule is BrC(Br)=C(c1ccccc1)C1CCC1. The van der Waals surface area contributed by atoms with Crippen molar-refractivity contribution >= 4 is 37.4 Å². The molecule has 0 aromatic heterocycles. The molecule has 74 valence electrons. The van der Waals surface area contributed by atoms with Crippen LogP contribution in [0.25, 0.3) is 5.57 Å². The molecule has 0 atom stereocenters. The zero-order valence-corrected chi connectivity index (χ0v) is 11.0.